The van der Waals surface area contributed by atoms with E-state index in [1.54, 1.807) is 0 Å². The zero-order chi connectivity index (χ0) is 19.6. The van der Waals surface area contributed by atoms with E-state index in [4.69, 9.17) is 4.74 Å². The number of ether oxygens (including phenoxy) is 1. The van der Waals surface area contributed by atoms with Crippen LogP contribution in [0.5, 0.6) is 0 Å². The van der Waals surface area contributed by atoms with Gasteiger partial charge in [0, 0.05) is 12.2 Å². The van der Waals surface area contributed by atoms with Gasteiger partial charge in [0.05, 0.1) is 24.3 Å². The van der Waals surface area contributed by atoms with Gasteiger partial charge in [-0.15, -0.1) is 0 Å². The van der Waals surface area contributed by atoms with E-state index in [2.05, 4.69) is 5.32 Å². The number of hydrogen-bond donors (Lipinski definition) is 1. The molecule has 2 rings (SSSR count). The number of nitrogens with zero attached hydrogens (tertiary/aromatic N) is 1. The number of benzene rings is 1. The van der Waals surface area contributed by atoms with Gasteiger partial charge in [-0.05, 0) is 24.5 Å². The van der Waals surface area contributed by atoms with Crippen molar-refractivity contribution in [2.75, 3.05) is 13.7 Å². The van der Waals surface area contributed by atoms with E-state index < -0.39 is 29.8 Å². The van der Waals surface area contributed by atoms with Gasteiger partial charge in [-0.25, -0.2) is 9.59 Å². The van der Waals surface area contributed by atoms with Crippen molar-refractivity contribution in [2.24, 2.45) is 5.92 Å². The minimum absolute atomic E-state index is 0.00977. The van der Waals surface area contributed by atoms with Crippen molar-refractivity contribution in [3.8, 4) is 0 Å². The maximum Gasteiger partial charge on any atom is 0.416 e. The summed E-state index contributed by atoms with van der Waals surface area (Å²) in [5.74, 6) is -0.674. The summed E-state index contributed by atoms with van der Waals surface area (Å²) in [5.41, 5.74) is -0.824. The average molecular weight is 370 g/mol. The number of halogens is 3. The summed E-state index contributed by atoms with van der Waals surface area (Å²) < 4.78 is 45.0. The monoisotopic (exact) mass is 370 g/mol. The lowest BCUT2D eigenvalue weighted by atomic mass is 9.91. The minimum Gasteiger partial charge on any atom is -0.466 e. The van der Waals surface area contributed by atoms with E-state index in [0.29, 0.717) is 6.54 Å². The lowest BCUT2D eigenvalue weighted by Crippen LogP contribution is -2.49. The number of amides is 2. The van der Waals surface area contributed by atoms with Gasteiger partial charge < -0.3 is 10.1 Å². The average Bonchev–Trinajstić information content (AvgIpc) is 2.56. The Kier molecular flexibility index (Phi) is 5.63. The molecular formula is C18H21F3N2O3. The fourth-order valence-electron chi connectivity index (χ4n) is 2.98. The SMILES string of the molecule is COC(=O)C1=C(C)N(CC(C)C)C(=O)N[C@H]1c1ccccc1C(F)(F)F. The molecule has 1 aliphatic rings. The molecule has 0 fully saturated rings. The van der Waals surface area contributed by atoms with Gasteiger partial charge in [0.25, 0.3) is 0 Å². The fraction of sp³-hybridized carbons (Fsp3) is 0.444. The van der Waals surface area contributed by atoms with Crippen LogP contribution < -0.4 is 5.32 Å². The van der Waals surface area contributed by atoms with Gasteiger partial charge in [0.2, 0.25) is 0 Å². The van der Waals surface area contributed by atoms with E-state index in [1.165, 1.54) is 30.0 Å². The highest BCUT2D eigenvalue weighted by atomic mass is 19.4. The summed E-state index contributed by atoms with van der Waals surface area (Å²) in [7, 11) is 1.15. The Hall–Kier alpha value is -2.51. The Bertz CT molecular complexity index is 741. The van der Waals surface area contributed by atoms with Gasteiger partial charge in [-0.1, -0.05) is 32.0 Å². The largest absolute Gasteiger partial charge is 0.466 e. The van der Waals surface area contributed by atoms with Crippen molar-refractivity contribution >= 4 is 12.0 Å². The van der Waals surface area contributed by atoms with Crippen LogP contribution in [-0.4, -0.2) is 30.6 Å². The highest BCUT2D eigenvalue weighted by Gasteiger charge is 2.41. The highest BCUT2D eigenvalue weighted by Crippen LogP contribution is 2.39. The molecule has 1 aromatic rings. The number of urea groups is 1. The topological polar surface area (TPSA) is 58.6 Å². The van der Waals surface area contributed by atoms with Crippen LogP contribution in [0.15, 0.2) is 35.5 Å². The second-order valence-electron chi connectivity index (χ2n) is 6.46. The van der Waals surface area contributed by atoms with Crippen molar-refractivity contribution in [1.82, 2.24) is 10.2 Å². The zero-order valence-corrected chi connectivity index (χ0v) is 15.0. The summed E-state index contributed by atoms with van der Waals surface area (Å²) in [4.78, 5) is 26.2. The van der Waals surface area contributed by atoms with Crippen LogP contribution in [0.2, 0.25) is 0 Å². The first-order valence-electron chi connectivity index (χ1n) is 8.11. The number of rotatable bonds is 4. The van der Waals surface area contributed by atoms with Crippen LogP contribution in [0.3, 0.4) is 0 Å². The molecule has 0 aromatic heterocycles. The Morgan fingerprint density at radius 2 is 1.92 bits per heavy atom. The predicted molar refractivity (Wildman–Crippen MR) is 89.0 cm³/mol. The number of esters is 1. The van der Waals surface area contributed by atoms with E-state index in [-0.39, 0.29) is 22.8 Å². The fourth-order valence-corrected chi connectivity index (χ4v) is 2.98. The first-order chi connectivity index (χ1) is 12.1. The van der Waals surface area contributed by atoms with Gasteiger partial charge in [-0.3, -0.25) is 4.90 Å². The van der Waals surface area contributed by atoms with E-state index >= 15 is 0 Å². The Morgan fingerprint density at radius 3 is 2.46 bits per heavy atom. The molecule has 1 N–H and O–H groups in total. The third-order valence-electron chi connectivity index (χ3n) is 4.13. The summed E-state index contributed by atoms with van der Waals surface area (Å²) in [6.45, 7) is 5.65. The number of carbonyl (C=O) groups excluding carboxylic acids is 2. The van der Waals surface area contributed by atoms with Crippen LogP contribution in [0.25, 0.3) is 0 Å². The second kappa shape index (κ2) is 7.39. The Balaban J connectivity index is 2.64. The standard InChI is InChI=1S/C18H21F3N2O3/c1-10(2)9-23-11(3)14(16(24)26-4)15(22-17(23)25)12-7-5-6-8-13(12)18(19,20)21/h5-8,10,15H,9H2,1-4H3,(H,22,25)/t15-/m0/s1. The van der Waals surface area contributed by atoms with Crippen molar-refractivity contribution in [2.45, 2.75) is 33.0 Å². The molecule has 0 radical (unpaired) electrons. The van der Waals surface area contributed by atoms with Crippen LogP contribution in [-0.2, 0) is 15.7 Å². The van der Waals surface area contributed by atoms with Crippen LogP contribution >= 0.6 is 0 Å². The van der Waals surface area contributed by atoms with E-state index in [0.717, 1.165) is 13.2 Å². The molecule has 26 heavy (non-hydrogen) atoms. The summed E-state index contributed by atoms with van der Waals surface area (Å²) >= 11 is 0. The molecule has 1 aromatic carbocycles. The zero-order valence-electron chi connectivity index (χ0n) is 15.0. The van der Waals surface area contributed by atoms with Crippen molar-refractivity contribution in [3.63, 3.8) is 0 Å². The second-order valence-corrected chi connectivity index (χ2v) is 6.46. The number of hydrogen-bond acceptors (Lipinski definition) is 3. The van der Waals surface area contributed by atoms with Gasteiger partial charge >= 0.3 is 18.2 Å². The molecule has 0 unspecified atom stereocenters. The molecule has 0 saturated carbocycles. The van der Waals surface area contributed by atoms with E-state index in [1.807, 2.05) is 13.8 Å². The number of allylic oxidation sites excluding steroid dienone is 1. The minimum atomic E-state index is -4.62. The third-order valence-corrected chi connectivity index (χ3v) is 4.13. The van der Waals surface area contributed by atoms with Crippen LogP contribution in [0.4, 0.5) is 18.0 Å². The van der Waals surface area contributed by atoms with Gasteiger partial charge in [0.15, 0.2) is 0 Å². The molecule has 1 atom stereocenters. The first kappa shape index (κ1) is 19.8. The molecule has 1 heterocycles. The Morgan fingerprint density at radius 1 is 1.31 bits per heavy atom. The summed E-state index contributed by atoms with van der Waals surface area (Å²) in [5, 5.41) is 2.52. The molecule has 142 valence electrons. The lowest BCUT2D eigenvalue weighted by molar-refractivity contribution is -0.140. The molecule has 0 spiro atoms. The molecule has 0 aliphatic carbocycles. The van der Waals surface area contributed by atoms with Crippen molar-refractivity contribution < 1.29 is 27.5 Å². The quantitative estimate of drug-likeness (QED) is 0.819. The maximum absolute atomic E-state index is 13.4. The summed E-state index contributed by atoms with van der Waals surface area (Å²) in [6.07, 6.45) is -4.62. The van der Waals surface area contributed by atoms with Crippen LogP contribution in [0, 0.1) is 5.92 Å². The van der Waals surface area contributed by atoms with Crippen molar-refractivity contribution in [1.29, 1.82) is 0 Å². The lowest BCUT2D eigenvalue weighted by Gasteiger charge is -2.36. The third kappa shape index (κ3) is 3.84. The molecule has 0 bridgehead atoms. The number of methoxy groups -OCH3 is 1. The number of nitrogens with one attached hydrogen (secondary N) is 1. The predicted octanol–water partition coefficient (Wildman–Crippen LogP) is 3.87. The normalized spacial score (nSPS) is 18.2. The maximum atomic E-state index is 13.4. The summed E-state index contributed by atoms with van der Waals surface area (Å²) in [6, 6.07) is 3.08. The smallest absolute Gasteiger partial charge is 0.416 e. The molecule has 0 saturated heterocycles. The first-order valence-corrected chi connectivity index (χ1v) is 8.11. The van der Waals surface area contributed by atoms with Crippen LogP contribution in [0.1, 0.15) is 37.9 Å². The van der Waals surface area contributed by atoms with Crippen molar-refractivity contribution in [3.05, 3.63) is 46.7 Å². The van der Waals surface area contributed by atoms with E-state index in [9.17, 15) is 22.8 Å². The molecule has 5 nitrogen and oxygen atoms in total. The van der Waals surface area contributed by atoms with Gasteiger partial charge in [0.1, 0.15) is 0 Å². The Labute approximate surface area is 149 Å². The number of carbonyl (C=O) groups is 2. The molecular weight excluding hydrogens is 349 g/mol. The van der Waals surface area contributed by atoms with Gasteiger partial charge in [-0.2, -0.15) is 13.2 Å². The molecule has 8 heteroatoms. The molecule has 2 amide bonds. The highest BCUT2D eigenvalue weighted by molar-refractivity contribution is 5.95. The molecule has 1 aliphatic heterocycles. The number of alkyl halides is 3.